The van der Waals surface area contributed by atoms with Gasteiger partial charge >= 0.3 is 5.97 Å². The zero-order chi connectivity index (χ0) is 21.6. The maximum Gasteiger partial charge on any atom is 0.337 e. The third-order valence-corrected chi connectivity index (χ3v) is 5.93. The molecule has 8 nitrogen and oxygen atoms in total. The first-order chi connectivity index (χ1) is 14.4. The summed E-state index contributed by atoms with van der Waals surface area (Å²) in [6, 6.07) is 12.5. The standard InChI is InChI=1S/C21H24N2O6S/c1-28-21(25)16-10-8-15(9-11-16)14-30(26,27)23-19-7-3-2-6-18(19)20(24)22-13-17-5-4-12-29-17/h2-3,6-11,17,23H,4-5,12-14H2,1H3,(H,22,24)/t17-/m0/s1. The van der Waals surface area contributed by atoms with Gasteiger partial charge in [-0.3, -0.25) is 9.52 Å². The van der Waals surface area contributed by atoms with E-state index in [-0.39, 0.29) is 29.0 Å². The van der Waals surface area contributed by atoms with Gasteiger partial charge < -0.3 is 14.8 Å². The molecule has 160 valence electrons. The van der Waals surface area contributed by atoms with E-state index in [1.807, 2.05) is 0 Å². The van der Waals surface area contributed by atoms with Crippen LogP contribution in [0.5, 0.6) is 0 Å². The van der Waals surface area contributed by atoms with Crippen LogP contribution >= 0.6 is 0 Å². The Balaban J connectivity index is 1.67. The Morgan fingerprint density at radius 3 is 2.53 bits per heavy atom. The van der Waals surface area contributed by atoms with Crippen LogP contribution in [0.2, 0.25) is 0 Å². The molecule has 0 radical (unpaired) electrons. The molecule has 2 aromatic carbocycles. The molecule has 1 atom stereocenters. The second-order valence-corrected chi connectivity index (χ2v) is 8.66. The molecule has 0 unspecified atom stereocenters. The predicted octanol–water partition coefficient (Wildman–Crippen LogP) is 2.32. The van der Waals surface area contributed by atoms with Crippen LogP contribution in [-0.4, -0.2) is 46.7 Å². The smallest absolute Gasteiger partial charge is 0.337 e. The molecule has 1 saturated heterocycles. The molecule has 1 aliphatic heterocycles. The number of anilines is 1. The van der Waals surface area contributed by atoms with Crippen molar-refractivity contribution in [2.24, 2.45) is 0 Å². The van der Waals surface area contributed by atoms with E-state index in [9.17, 15) is 18.0 Å². The van der Waals surface area contributed by atoms with E-state index in [1.54, 1.807) is 36.4 Å². The van der Waals surface area contributed by atoms with Crippen molar-refractivity contribution in [1.29, 1.82) is 0 Å². The normalized spacial score (nSPS) is 16.1. The summed E-state index contributed by atoms with van der Waals surface area (Å²) in [6.07, 6.45) is 1.85. The second kappa shape index (κ2) is 9.73. The first-order valence-electron chi connectivity index (χ1n) is 9.54. The molecule has 0 aliphatic carbocycles. The second-order valence-electron chi connectivity index (χ2n) is 6.94. The van der Waals surface area contributed by atoms with Crippen molar-refractivity contribution in [1.82, 2.24) is 5.32 Å². The van der Waals surface area contributed by atoms with Crippen molar-refractivity contribution in [3.63, 3.8) is 0 Å². The number of carbonyl (C=O) groups excluding carboxylic acids is 2. The highest BCUT2D eigenvalue weighted by Crippen LogP contribution is 2.19. The minimum absolute atomic E-state index is 0.00855. The van der Waals surface area contributed by atoms with Gasteiger partial charge in [0.05, 0.1) is 35.8 Å². The number of ether oxygens (including phenoxy) is 2. The molecule has 1 fully saturated rings. The third kappa shape index (κ3) is 5.80. The summed E-state index contributed by atoms with van der Waals surface area (Å²) in [7, 11) is -2.51. The average molecular weight is 432 g/mol. The van der Waals surface area contributed by atoms with E-state index in [4.69, 9.17) is 4.74 Å². The zero-order valence-corrected chi connectivity index (χ0v) is 17.4. The van der Waals surface area contributed by atoms with Crippen LogP contribution in [0, 0.1) is 0 Å². The van der Waals surface area contributed by atoms with Gasteiger partial charge in [0.2, 0.25) is 10.0 Å². The monoisotopic (exact) mass is 432 g/mol. The molecule has 1 aliphatic rings. The number of methoxy groups -OCH3 is 1. The molecule has 0 aromatic heterocycles. The van der Waals surface area contributed by atoms with Crippen LogP contribution in [-0.2, 0) is 25.2 Å². The minimum atomic E-state index is -3.78. The Labute approximate surface area is 175 Å². The van der Waals surface area contributed by atoms with E-state index in [2.05, 4.69) is 14.8 Å². The number of hydrogen-bond acceptors (Lipinski definition) is 6. The van der Waals surface area contributed by atoms with Crippen LogP contribution < -0.4 is 10.0 Å². The largest absolute Gasteiger partial charge is 0.465 e. The maximum atomic E-state index is 12.6. The number of carbonyl (C=O) groups is 2. The lowest BCUT2D eigenvalue weighted by Gasteiger charge is -2.14. The first-order valence-corrected chi connectivity index (χ1v) is 11.2. The van der Waals surface area contributed by atoms with Gasteiger partial charge in [-0.1, -0.05) is 24.3 Å². The van der Waals surface area contributed by atoms with Crippen LogP contribution in [0.1, 0.15) is 39.1 Å². The van der Waals surface area contributed by atoms with E-state index < -0.39 is 16.0 Å². The summed E-state index contributed by atoms with van der Waals surface area (Å²) in [6.45, 7) is 1.07. The lowest BCUT2D eigenvalue weighted by molar-refractivity contribution is 0.0600. The Bertz CT molecular complexity index is 998. The van der Waals surface area contributed by atoms with Gasteiger partial charge in [-0.15, -0.1) is 0 Å². The molecular weight excluding hydrogens is 408 g/mol. The predicted molar refractivity (Wildman–Crippen MR) is 112 cm³/mol. The van der Waals surface area contributed by atoms with Gasteiger partial charge in [-0.05, 0) is 42.7 Å². The maximum absolute atomic E-state index is 12.6. The lowest BCUT2D eigenvalue weighted by atomic mass is 10.1. The highest BCUT2D eigenvalue weighted by atomic mass is 32.2. The molecule has 30 heavy (non-hydrogen) atoms. The summed E-state index contributed by atoms with van der Waals surface area (Å²) >= 11 is 0. The van der Waals surface area contributed by atoms with Crippen LogP contribution in [0.4, 0.5) is 5.69 Å². The van der Waals surface area contributed by atoms with Gasteiger partial charge in [-0.25, -0.2) is 13.2 Å². The summed E-state index contributed by atoms with van der Waals surface area (Å²) < 4.78 is 37.9. The Kier molecular flexibility index (Phi) is 7.07. The van der Waals surface area contributed by atoms with Gasteiger partial charge in [0, 0.05) is 13.2 Å². The summed E-state index contributed by atoms with van der Waals surface area (Å²) in [5.74, 6) is -1.17. The highest BCUT2D eigenvalue weighted by molar-refractivity contribution is 7.91. The quantitative estimate of drug-likeness (QED) is 0.620. The van der Waals surface area contributed by atoms with Gasteiger partial charge in [0.1, 0.15) is 0 Å². The molecule has 0 spiro atoms. The number of para-hydroxylation sites is 1. The number of esters is 1. The fourth-order valence-electron chi connectivity index (χ4n) is 3.16. The Morgan fingerprint density at radius 2 is 1.87 bits per heavy atom. The van der Waals surface area contributed by atoms with Crippen molar-refractivity contribution in [2.45, 2.75) is 24.7 Å². The van der Waals surface area contributed by atoms with Crippen molar-refractivity contribution in [3.05, 3.63) is 65.2 Å². The van der Waals surface area contributed by atoms with Crippen LogP contribution in [0.15, 0.2) is 48.5 Å². The number of benzene rings is 2. The van der Waals surface area contributed by atoms with Gasteiger partial charge in [0.15, 0.2) is 0 Å². The minimum Gasteiger partial charge on any atom is -0.465 e. The molecular formula is C21H24N2O6S. The number of sulfonamides is 1. The van der Waals surface area contributed by atoms with E-state index in [0.717, 1.165) is 12.8 Å². The van der Waals surface area contributed by atoms with Crippen molar-refractivity contribution in [2.75, 3.05) is 25.0 Å². The fourth-order valence-corrected chi connectivity index (χ4v) is 4.37. The third-order valence-electron chi connectivity index (χ3n) is 4.68. The summed E-state index contributed by atoms with van der Waals surface area (Å²) in [4.78, 5) is 24.0. The topological polar surface area (TPSA) is 111 Å². The average Bonchev–Trinajstić information content (AvgIpc) is 3.25. The fraction of sp³-hybridized carbons (Fsp3) is 0.333. The number of rotatable bonds is 8. The molecule has 2 N–H and O–H groups in total. The Morgan fingerprint density at radius 1 is 1.13 bits per heavy atom. The van der Waals surface area contributed by atoms with Crippen molar-refractivity contribution in [3.8, 4) is 0 Å². The lowest BCUT2D eigenvalue weighted by Crippen LogP contribution is -2.32. The molecule has 0 saturated carbocycles. The molecule has 1 heterocycles. The molecule has 9 heteroatoms. The number of hydrogen-bond donors (Lipinski definition) is 2. The zero-order valence-electron chi connectivity index (χ0n) is 16.6. The molecule has 3 rings (SSSR count). The number of nitrogens with one attached hydrogen (secondary N) is 2. The highest BCUT2D eigenvalue weighted by Gasteiger charge is 2.20. The SMILES string of the molecule is COC(=O)c1ccc(CS(=O)(=O)Nc2ccccc2C(=O)NC[C@@H]2CCCO2)cc1. The molecule has 2 aromatic rings. The van der Waals surface area contributed by atoms with E-state index >= 15 is 0 Å². The van der Waals surface area contributed by atoms with Crippen molar-refractivity contribution < 1.29 is 27.5 Å². The van der Waals surface area contributed by atoms with Crippen LogP contribution in [0.25, 0.3) is 0 Å². The number of amides is 1. The summed E-state index contributed by atoms with van der Waals surface area (Å²) in [5, 5.41) is 2.80. The van der Waals surface area contributed by atoms with Crippen molar-refractivity contribution >= 4 is 27.6 Å². The summed E-state index contributed by atoms with van der Waals surface area (Å²) in [5.41, 5.74) is 1.27. The van der Waals surface area contributed by atoms with E-state index in [1.165, 1.54) is 19.2 Å². The Hall–Kier alpha value is -2.91. The molecule has 1 amide bonds. The van der Waals surface area contributed by atoms with Gasteiger partial charge in [-0.2, -0.15) is 0 Å². The first kappa shape index (κ1) is 21.8. The van der Waals surface area contributed by atoms with E-state index in [0.29, 0.717) is 24.3 Å². The van der Waals surface area contributed by atoms with Gasteiger partial charge in [0.25, 0.3) is 5.91 Å². The molecule has 0 bridgehead atoms. The van der Waals surface area contributed by atoms with Crippen LogP contribution in [0.3, 0.4) is 0 Å².